The van der Waals surface area contributed by atoms with E-state index in [2.05, 4.69) is 10.6 Å². The predicted molar refractivity (Wildman–Crippen MR) is 156 cm³/mol. The summed E-state index contributed by atoms with van der Waals surface area (Å²) in [4.78, 5) is 36.5. The molecule has 0 saturated heterocycles. The Morgan fingerprint density at radius 2 is 0.897 bits per heavy atom. The van der Waals surface area contributed by atoms with Gasteiger partial charge in [-0.3, -0.25) is 18.7 Å². The molecule has 4 aromatic carbocycles. The van der Waals surface area contributed by atoms with E-state index in [1.165, 1.54) is 0 Å². The van der Waals surface area contributed by atoms with Crippen molar-refractivity contribution in [3.8, 4) is 0 Å². The van der Waals surface area contributed by atoms with Crippen molar-refractivity contribution in [1.29, 1.82) is 0 Å². The number of benzene rings is 4. The summed E-state index contributed by atoms with van der Waals surface area (Å²) in [5.41, 5.74) is 2.65. The lowest BCUT2D eigenvalue weighted by molar-refractivity contribution is 0.548. The molecule has 2 heterocycles. The Bertz CT molecular complexity index is 1740. The van der Waals surface area contributed by atoms with Gasteiger partial charge in [-0.05, 0) is 55.0 Å². The van der Waals surface area contributed by atoms with Crippen molar-refractivity contribution in [3.63, 3.8) is 0 Å². The maximum Gasteiger partial charge on any atom is 0.262 e. The Hall–Kier alpha value is -5.24. The molecule has 0 spiro atoms. The third kappa shape index (κ3) is 5.00. The zero-order chi connectivity index (χ0) is 26.6. The monoisotopic (exact) mass is 514 g/mol. The van der Waals surface area contributed by atoms with Gasteiger partial charge >= 0.3 is 0 Å². The molecule has 0 fully saturated rings. The normalized spacial score (nSPS) is 11.1. The Morgan fingerprint density at radius 3 is 1.33 bits per heavy atom. The maximum atomic E-state index is 13.5. The van der Waals surface area contributed by atoms with Crippen LogP contribution >= 0.6 is 0 Å². The zero-order valence-electron chi connectivity index (χ0n) is 21.1. The molecule has 0 aliphatic heterocycles. The SMILES string of the molecule is O=c1c2ccccc2nc(Nc2ccccc2)n1CCCn1c(Nc2ccccc2)nc2ccccc2c1=O. The minimum atomic E-state index is -0.134. The van der Waals surface area contributed by atoms with Crippen molar-refractivity contribution in [2.45, 2.75) is 19.5 Å². The minimum Gasteiger partial charge on any atom is -0.326 e. The van der Waals surface area contributed by atoms with E-state index in [0.29, 0.717) is 53.2 Å². The molecule has 8 heteroatoms. The van der Waals surface area contributed by atoms with Crippen LogP contribution in [0.5, 0.6) is 0 Å². The molecule has 0 bridgehead atoms. The average molecular weight is 515 g/mol. The number of hydrogen-bond donors (Lipinski definition) is 2. The molecule has 0 aliphatic rings. The summed E-state index contributed by atoms with van der Waals surface area (Å²) in [5, 5.41) is 7.68. The Kier molecular flexibility index (Phi) is 6.57. The first-order valence-electron chi connectivity index (χ1n) is 12.8. The number of para-hydroxylation sites is 4. The first-order chi connectivity index (χ1) is 19.2. The summed E-state index contributed by atoms with van der Waals surface area (Å²) in [6.07, 6.45) is 0.507. The molecule has 0 radical (unpaired) electrons. The predicted octanol–water partition coefficient (Wildman–Crippen LogP) is 5.68. The zero-order valence-corrected chi connectivity index (χ0v) is 21.1. The molecule has 2 N–H and O–H groups in total. The van der Waals surface area contributed by atoms with Crippen LogP contribution in [-0.2, 0) is 13.1 Å². The highest BCUT2D eigenvalue weighted by Crippen LogP contribution is 2.19. The van der Waals surface area contributed by atoms with Crippen LogP contribution in [0.15, 0.2) is 119 Å². The largest absolute Gasteiger partial charge is 0.326 e. The summed E-state index contributed by atoms with van der Waals surface area (Å²) in [7, 11) is 0. The van der Waals surface area contributed by atoms with E-state index in [1.54, 1.807) is 21.3 Å². The van der Waals surface area contributed by atoms with Crippen LogP contribution in [0.25, 0.3) is 21.8 Å². The van der Waals surface area contributed by atoms with E-state index in [4.69, 9.17) is 9.97 Å². The molecule has 0 atom stereocenters. The number of rotatable bonds is 8. The highest BCUT2D eigenvalue weighted by molar-refractivity contribution is 5.80. The molecule has 8 nitrogen and oxygen atoms in total. The molecule has 0 saturated carbocycles. The fourth-order valence-corrected chi connectivity index (χ4v) is 4.63. The first-order valence-corrected chi connectivity index (χ1v) is 12.8. The second-order valence-electron chi connectivity index (χ2n) is 9.15. The highest BCUT2D eigenvalue weighted by Gasteiger charge is 2.14. The van der Waals surface area contributed by atoms with Crippen LogP contribution < -0.4 is 21.8 Å². The van der Waals surface area contributed by atoms with E-state index >= 15 is 0 Å². The molecular weight excluding hydrogens is 488 g/mol. The van der Waals surface area contributed by atoms with Gasteiger partial charge in [0.15, 0.2) is 0 Å². The van der Waals surface area contributed by atoms with Gasteiger partial charge in [-0.25, -0.2) is 9.97 Å². The van der Waals surface area contributed by atoms with Crippen LogP contribution in [0.2, 0.25) is 0 Å². The number of aromatic nitrogens is 4. The van der Waals surface area contributed by atoms with Gasteiger partial charge in [-0.1, -0.05) is 60.7 Å². The van der Waals surface area contributed by atoms with Crippen molar-refractivity contribution in [3.05, 3.63) is 130 Å². The number of anilines is 4. The van der Waals surface area contributed by atoms with Gasteiger partial charge in [0.05, 0.1) is 21.8 Å². The minimum absolute atomic E-state index is 0.134. The number of hydrogen-bond acceptors (Lipinski definition) is 6. The van der Waals surface area contributed by atoms with Crippen molar-refractivity contribution in [2.24, 2.45) is 0 Å². The molecule has 192 valence electrons. The summed E-state index contributed by atoms with van der Waals surface area (Å²) in [6, 6.07) is 33.9. The maximum absolute atomic E-state index is 13.5. The molecule has 6 aromatic rings. The standard InChI is InChI=1S/C31H26N6O2/c38-28-24-16-7-9-18-26(24)34-30(32-22-12-3-1-4-13-22)36(28)20-11-21-37-29(39)25-17-8-10-19-27(25)35-31(37)33-23-14-5-2-6-15-23/h1-10,12-19H,11,20-21H2,(H,32,34)(H,33,35). The highest BCUT2D eigenvalue weighted by atomic mass is 16.1. The summed E-state index contributed by atoms with van der Waals surface area (Å²) < 4.78 is 3.28. The van der Waals surface area contributed by atoms with E-state index in [9.17, 15) is 9.59 Å². The average Bonchev–Trinajstić information content (AvgIpc) is 2.97. The molecule has 0 aliphatic carbocycles. The summed E-state index contributed by atoms with van der Waals surface area (Å²) >= 11 is 0. The molecule has 2 aromatic heterocycles. The Morgan fingerprint density at radius 1 is 0.513 bits per heavy atom. The van der Waals surface area contributed by atoms with Gasteiger partial charge in [0, 0.05) is 24.5 Å². The fourth-order valence-electron chi connectivity index (χ4n) is 4.63. The van der Waals surface area contributed by atoms with Crippen molar-refractivity contribution in [1.82, 2.24) is 19.1 Å². The van der Waals surface area contributed by atoms with Crippen LogP contribution in [0, 0.1) is 0 Å². The van der Waals surface area contributed by atoms with E-state index < -0.39 is 0 Å². The lowest BCUT2D eigenvalue weighted by Gasteiger charge is -2.17. The smallest absolute Gasteiger partial charge is 0.262 e. The van der Waals surface area contributed by atoms with E-state index in [0.717, 1.165) is 11.4 Å². The second kappa shape index (κ2) is 10.6. The fraction of sp³-hybridized carbons (Fsp3) is 0.0968. The molecular formula is C31H26N6O2. The van der Waals surface area contributed by atoms with Gasteiger partial charge in [0.2, 0.25) is 11.9 Å². The van der Waals surface area contributed by atoms with Crippen LogP contribution in [-0.4, -0.2) is 19.1 Å². The summed E-state index contributed by atoms with van der Waals surface area (Å²) in [6.45, 7) is 0.714. The Balaban J connectivity index is 1.35. The number of fused-ring (bicyclic) bond motifs is 2. The lowest BCUT2D eigenvalue weighted by Crippen LogP contribution is -2.27. The Labute approximate surface area is 224 Å². The van der Waals surface area contributed by atoms with Gasteiger partial charge in [0.25, 0.3) is 11.1 Å². The molecule has 0 unspecified atom stereocenters. The van der Waals surface area contributed by atoms with Gasteiger partial charge in [0.1, 0.15) is 0 Å². The third-order valence-corrected chi connectivity index (χ3v) is 6.55. The third-order valence-electron chi connectivity index (χ3n) is 6.55. The molecule has 6 rings (SSSR count). The van der Waals surface area contributed by atoms with Gasteiger partial charge in [-0.2, -0.15) is 0 Å². The van der Waals surface area contributed by atoms with Crippen LogP contribution in [0.4, 0.5) is 23.3 Å². The van der Waals surface area contributed by atoms with Crippen molar-refractivity contribution < 1.29 is 0 Å². The number of nitrogens with one attached hydrogen (secondary N) is 2. The second-order valence-corrected chi connectivity index (χ2v) is 9.15. The van der Waals surface area contributed by atoms with Crippen LogP contribution in [0.1, 0.15) is 6.42 Å². The first kappa shape index (κ1) is 24.1. The topological polar surface area (TPSA) is 93.8 Å². The van der Waals surface area contributed by atoms with E-state index in [-0.39, 0.29) is 11.1 Å². The lowest BCUT2D eigenvalue weighted by atomic mass is 10.2. The van der Waals surface area contributed by atoms with E-state index in [1.807, 2.05) is 97.1 Å². The van der Waals surface area contributed by atoms with Gasteiger partial charge in [-0.15, -0.1) is 0 Å². The van der Waals surface area contributed by atoms with Crippen molar-refractivity contribution >= 4 is 45.1 Å². The quantitative estimate of drug-likeness (QED) is 0.271. The van der Waals surface area contributed by atoms with Crippen molar-refractivity contribution in [2.75, 3.05) is 10.6 Å². The van der Waals surface area contributed by atoms with Gasteiger partial charge < -0.3 is 10.6 Å². The summed E-state index contributed by atoms with van der Waals surface area (Å²) in [5.74, 6) is 0.910. The molecule has 39 heavy (non-hydrogen) atoms. The van der Waals surface area contributed by atoms with Crippen LogP contribution in [0.3, 0.4) is 0 Å². The number of nitrogens with zero attached hydrogens (tertiary/aromatic N) is 4. The molecule has 0 amide bonds.